The van der Waals surface area contributed by atoms with Gasteiger partial charge in [0.05, 0.1) is 0 Å². The Labute approximate surface area is 155 Å². The first-order valence-corrected chi connectivity index (χ1v) is 7.85. The zero-order valence-electron chi connectivity index (χ0n) is 14.5. The van der Waals surface area contributed by atoms with Gasteiger partial charge in [0, 0.05) is 6.54 Å². The highest BCUT2D eigenvalue weighted by Crippen LogP contribution is 2.01. The molecule has 0 saturated carbocycles. The van der Waals surface area contributed by atoms with Gasteiger partial charge in [0.1, 0.15) is 12.1 Å². The Kier molecular flexibility index (Phi) is 11.5. The fourth-order valence-corrected chi connectivity index (χ4v) is 1.72. The molecule has 12 nitrogen and oxygen atoms in total. The van der Waals surface area contributed by atoms with Crippen LogP contribution in [0.2, 0.25) is 0 Å². The molecule has 27 heavy (non-hydrogen) atoms. The minimum Gasteiger partial charge on any atom is -0.480 e. The van der Waals surface area contributed by atoms with Gasteiger partial charge in [-0.25, -0.2) is 15.1 Å². The molecule has 2 atom stereocenters. The molecule has 0 aromatic heterocycles. The molecule has 0 bridgehead atoms. The maximum atomic E-state index is 10.4. The van der Waals surface area contributed by atoms with Gasteiger partial charge in [-0.2, -0.15) is 0 Å². The Morgan fingerprint density at radius 2 is 1.70 bits per heavy atom. The summed E-state index contributed by atoms with van der Waals surface area (Å²) in [5.41, 5.74) is 18.3. The van der Waals surface area contributed by atoms with Gasteiger partial charge in [0.25, 0.3) is 5.96 Å². The van der Waals surface area contributed by atoms with Crippen molar-refractivity contribution in [1.29, 1.82) is 0 Å². The van der Waals surface area contributed by atoms with E-state index in [-0.39, 0.29) is 18.9 Å². The molecule has 0 fully saturated rings. The van der Waals surface area contributed by atoms with Crippen molar-refractivity contribution < 1.29 is 24.8 Å². The molecule has 0 saturated heterocycles. The number of aliphatic carboxylic acids is 2. The van der Waals surface area contributed by atoms with Crippen molar-refractivity contribution in [1.82, 2.24) is 5.43 Å². The Balaban J connectivity index is 0.000000511. The van der Waals surface area contributed by atoms with Gasteiger partial charge in [0.2, 0.25) is 0 Å². The van der Waals surface area contributed by atoms with Crippen LogP contribution in [-0.2, 0) is 16.0 Å². The highest BCUT2D eigenvalue weighted by atomic mass is 16.7. The molecule has 150 valence electrons. The standard InChI is InChI=1S/C9H11NO2.C6H13N5O4/c10-8(9(11)12)6-7-4-2-1-3-5-7;7-4(5(12)13)2-1-3-9-6(8)10-11(14)15/h1-5,8H,6,10H2,(H,11,12);4H,1-3,7H2,(H,12,13)(H3,8,9,10)/t8-;4-/m00/s1. The van der Waals surface area contributed by atoms with Crippen LogP contribution in [0.4, 0.5) is 0 Å². The van der Waals surface area contributed by atoms with Gasteiger partial charge in [-0.15, -0.1) is 0 Å². The lowest BCUT2D eigenvalue weighted by Crippen LogP contribution is -2.36. The summed E-state index contributed by atoms with van der Waals surface area (Å²) in [5, 5.41) is 26.0. The van der Waals surface area contributed by atoms with Crippen molar-refractivity contribution in [2.75, 3.05) is 6.54 Å². The van der Waals surface area contributed by atoms with E-state index in [1.807, 2.05) is 30.3 Å². The molecule has 0 unspecified atom stereocenters. The van der Waals surface area contributed by atoms with Crippen LogP contribution in [0, 0.1) is 10.1 Å². The highest BCUT2D eigenvalue weighted by Gasteiger charge is 2.11. The van der Waals surface area contributed by atoms with Crippen LogP contribution in [-0.4, -0.2) is 51.8 Å². The molecule has 9 N–H and O–H groups in total. The van der Waals surface area contributed by atoms with Gasteiger partial charge in [-0.1, -0.05) is 35.8 Å². The van der Waals surface area contributed by atoms with Gasteiger partial charge >= 0.3 is 11.9 Å². The predicted octanol–water partition coefficient (Wildman–Crippen LogP) is -1.08. The number of benzene rings is 1. The molecule has 0 spiro atoms. The van der Waals surface area contributed by atoms with Crippen molar-refractivity contribution >= 4 is 17.9 Å². The monoisotopic (exact) mass is 384 g/mol. The van der Waals surface area contributed by atoms with Crippen LogP contribution in [0.1, 0.15) is 18.4 Å². The fourth-order valence-electron chi connectivity index (χ4n) is 1.72. The van der Waals surface area contributed by atoms with Crippen LogP contribution < -0.4 is 22.6 Å². The van der Waals surface area contributed by atoms with E-state index < -0.39 is 29.1 Å². The Bertz CT molecular complexity index is 639. The Morgan fingerprint density at radius 1 is 1.15 bits per heavy atom. The molecule has 0 radical (unpaired) electrons. The smallest absolute Gasteiger partial charge is 0.320 e. The minimum absolute atomic E-state index is 0.188. The highest BCUT2D eigenvalue weighted by molar-refractivity contribution is 5.76. The zero-order valence-corrected chi connectivity index (χ0v) is 14.5. The molecule has 0 aliphatic heterocycles. The Morgan fingerprint density at radius 3 is 2.19 bits per heavy atom. The first kappa shape index (κ1) is 23.8. The minimum atomic E-state index is -1.09. The number of hydrazine groups is 1. The SMILES string of the molecule is NC(=NCCC[C@H](N)C(=O)O)N[N+](=O)[O-].N[C@@H](Cc1ccccc1)C(=O)O. The second-order valence-electron chi connectivity index (χ2n) is 5.36. The predicted molar refractivity (Wildman–Crippen MR) is 97.2 cm³/mol. The number of hydrogen-bond acceptors (Lipinski definition) is 7. The molecule has 0 heterocycles. The third-order valence-electron chi connectivity index (χ3n) is 3.09. The van der Waals surface area contributed by atoms with Gasteiger partial charge in [-0.3, -0.25) is 9.59 Å². The van der Waals surface area contributed by atoms with E-state index in [1.165, 1.54) is 0 Å². The van der Waals surface area contributed by atoms with Crippen molar-refractivity contribution in [3.05, 3.63) is 46.0 Å². The third-order valence-corrected chi connectivity index (χ3v) is 3.09. The number of nitrogens with two attached hydrogens (primary N) is 3. The van der Waals surface area contributed by atoms with E-state index in [0.717, 1.165) is 5.56 Å². The van der Waals surface area contributed by atoms with Crippen LogP contribution in [0.3, 0.4) is 0 Å². The number of aliphatic imine (C=N–C) groups is 1. The number of carbonyl (C=O) groups is 2. The van der Waals surface area contributed by atoms with Gasteiger partial charge in [-0.05, 0) is 24.8 Å². The summed E-state index contributed by atoms with van der Waals surface area (Å²) in [4.78, 5) is 34.1. The van der Waals surface area contributed by atoms with E-state index >= 15 is 0 Å². The molecule has 12 heteroatoms. The first-order chi connectivity index (χ1) is 12.6. The van der Waals surface area contributed by atoms with Crippen molar-refractivity contribution in [3.8, 4) is 0 Å². The van der Waals surface area contributed by atoms with Crippen LogP contribution in [0.5, 0.6) is 0 Å². The summed E-state index contributed by atoms with van der Waals surface area (Å²) in [6, 6.07) is 7.60. The number of carboxylic acid groups (broad SMARTS) is 2. The summed E-state index contributed by atoms with van der Waals surface area (Å²) in [5.74, 6) is -2.36. The molecule has 1 aromatic carbocycles. The van der Waals surface area contributed by atoms with Crippen LogP contribution >= 0.6 is 0 Å². The lowest BCUT2D eigenvalue weighted by atomic mass is 10.1. The number of hydrogen-bond donors (Lipinski definition) is 6. The number of carboxylic acids is 2. The van der Waals surface area contributed by atoms with Crippen molar-refractivity contribution in [3.63, 3.8) is 0 Å². The van der Waals surface area contributed by atoms with Crippen molar-refractivity contribution in [2.45, 2.75) is 31.3 Å². The molecule has 0 aliphatic rings. The molecule has 1 rings (SSSR count). The van der Waals surface area contributed by atoms with Gasteiger partial charge in [0.15, 0.2) is 5.03 Å². The first-order valence-electron chi connectivity index (χ1n) is 7.85. The number of nitro groups is 1. The Hall–Kier alpha value is -3.25. The number of guanidine groups is 1. The number of rotatable bonds is 9. The summed E-state index contributed by atoms with van der Waals surface area (Å²) in [6.07, 6.45) is 1.02. The maximum absolute atomic E-state index is 10.4. The largest absolute Gasteiger partial charge is 0.480 e. The number of nitrogens with one attached hydrogen (secondary N) is 1. The quantitative estimate of drug-likeness (QED) is 0.0992. The topological polar surface area (TPSA) is 220 Å². The summed E-state index contributed by atoms with van der Waals surface area (Å²) in [7, 11) is 0. The molecular formula is C15H24N6O6. The molecule has 1 aromatic rings. The van der Waals surface area contributed by atoms with E-state index in [9.17, 15) is 19.7 Å². The second-order valence-corrected chi connectivity index (χ2v) is 5.36. The lowest BCUT2D eigenvalue weighted by Gasteiger charge is -2.04. The summed E-state index contributed by atoms with van der Waals surface area (Å²) >= 11 is 0. The summed E-state index contributed by atoms with van der Waals surface area (Å²) in [6.45, 7) is 0.188. The average molecular weight is 384 g/mol. The summed E-state index contributed by atoms with van der Waals surface area (Å²) < 4.78 is 0. The van der Waals surface area contributed by atoms with E-state index in [1.54, 1.807) is 5.43 Å². The number of nitrogens with zero attached hydrogens (tertiary/aromatic N) is 2. The average Bonchev–Trinajstić information content (AvgIpc) is 2.59. The van der Waals surface area contributed by atoms with E-state index in [0.29, 0.717) is 12.8 Å². The van der Waals surface area contributed by atoms with Gasteiger partial charge < -0.3 is 27.4 Å². The molecular weight excluding hydrogens is 360 g/mol. The van der Waals surface area contributed by atoms with Crippen LogP contribution in [0.15, 0.2) is 35.3 Å². The maximum Gasteiger partial charge on any atom is 0.320 e. The van der Waals surface area contributed by atoms with E-state index in [2.05, 4.69) is 4.99 Å². The van der Waals surface area contributed by atoms with Crippen molar-refractivity contribution in [2.24, 2.45) is 22.2 Å². The lowest BCUT2D eigenvalue weighted by molar-refractivity contribution is -0.525. The fraction of sp³-hybridized carbons (Fsp3) is 0.400. The van der Waals surface area contributed by atoms with Crippen LogP contribution in [0.25, 0.3) is 0 Å². The zero-order chi connectivity index (χ0) is 20.8. The third kappa shape index (κ3) is 12.7. The second kappa shape index (κ2) is 13.0. The molecule has 0 amide bonds. The van der Waals surface area contributed by atoms with E-state index in [4.69, 9.17) is 27.4 Å². The molecule has 0 aliphatic carbocycles. The normalized spacial score (nSPS) is 12.9.